The van der Waals surface area contributed by atoms with Crippen LogP contribution >= 0.6 is 0 Å². The first-order valence-electron chi connectivity index (χ1n) is 7.75. The molecule has 1 aliphatic heterocycles. The fraction of sp³-hybridized carbons (Fsp3) is 0.529. The van der Waals surface area contributed by atoms with Gasteiger partial charge < -0.3 is 18.9 Å². The molecule has 126 valence electrons. The average Bonchev–Trinajstić information content (AvgIpc) is 2.94. The van der Waals surface area contributed by atoms with Gasteiger partial charge in [-0.15, -0.1) is 0 Å². The van der Waals surface area contributed by atoms with Crippen molar-refractivity contribution in [1.29, 1.82) is 0 Å². The maximum atomic E-state index is 12.0. The Balaban J connectivity index is 2.06. The molecule has 0 aromatic heterocycles. The zero-order valence-electron chi connectivity index (χ0n) is 13.7. The van der Waals surface area contributed by atoms with Gasteiger partial charge in [-0.2, -0.15) is 0 Å². The molecule has 0 saturated carbocycles. The summed E-state index contributed by atoms with van der Waals surface area (Å²) in [6, 6.07) is 5.55. The maximum Gasteiger partial charge on any atom is 0.320 e. The Morgan fingerprint density at radius 2 is 1.87 bits per heavy atom. The molecule has 0 radical (unpaired) electrons. The van der Waals surface area contributed by atoms with Crippen LogP contribution in [0.25, 0.3) is 0 Å². The predicted molar refractivity (Wildman–Crippen MR) is 82.5 cm³/mol. The number of fused-ring (bicyclic) bond motifs is 1. The topological polar surface area (TPSA) is 71.1 Å². The SMILES string of the molecule is CCOC(=O)C(CC1Cc2cc(OC)ccc2O1)C(=O)OCC. The number of carbonyl (C=O) groups is 2. The molecule has 1 atom stereocenters. The van der Waals surface area contributed by atoms with Gasteiger partial charge >= 0.3 is 11.9 Å². The highest BCUT2D eigenvalue weighted by molar-refractivity contribution is 5.95. The lowest BCUT2D eigenvalue weighted by atomic mass is 9.98. The molecule has 1 heterocycles. The summed E-state index contributed by atoms with van der Waals surface area (Å²) in [5, 5.41) is 0. The van der Waals surface area contributed by atoms with Crippen molar-refractivity contribution in [2.75, 3.05) is 20.3 Å². The van der Waals surface area contributed by atoms with Crippen molar-refractivity contribution in [3.63, 3.8) is 0 Å². The molecule has 1 aromatic carbocycles. The Morgan fingerprint density at radius 1 is 1.22 bits per heavy atom. The number of rotatable bonds is 7. The molecule has 6 heteroatoms. The van der Waals surface area contributed by atoms with Crippen molar-refractivity contribution in [3.8, 4) is 11.5 Å². The van der Waals surface area contributed by atoms with E-state index >= 15 is 0 Å². The summed E-state index contributed by atoms with van der Waals surface area (Å²) in [4.78, 5) is 24.0. The fourth-order valence-corrected chi connectivity index (χ4v) is 2.59. The summed E-state index contributed by atoms with van der Waals surface area (Å²) in [6.07, 6.45) is 0.576. The smallest absolute Gasteiger partial charge is 0.320 e. The van der Waals surface area contributed by atoms with Gasteiger partial charge in [0.05, 0.1) is 20.3 Å². The average molecular weight is 322 g/mol. The van der Waals surface area contributed by atoms with E-state index in [0.717, 1.165) is 17.1 Å². The minimum Gasteiger partial charge on any atom is -0.497 e. The standard InChI is InChI=1S/C17H22O6/c1-4-21-16(18)14(17(19)22-5-2)10-13-9-11-8-12(20-3)6-7-15(11)23-13/h6-8,13-14H,4-5,9-10H2,1-3H3. The van der Waals surface area contributed by atoms with Crippen LogP contribution in [0, 0.1) is 5.92 Å². The molecule has 0 amide bonds. The quantitative estimate of drug-likeness (QED) is 0.566. The van der Waals surface area contributed by atoms with Crippen LogP contribution in [0.3, 0.4) is 0 Å². The highest BCUT2D eigenvalue weighted by Gasteiger charge is 2.35. The third-order valence-electron chi connectivity index (χ3n) is 3.65. The Bertz CT molecular complexity index is 550. The molecule has 0 fully saturated rings. The van der Waals surface area contributed by atoms with Gasteiger partial charge in [0.2, 0.25) is 0 Å². The number of hydrogen-bond donors (Lipinski definition) is 0. The van der Waals surface area contributed by atoms with Gasteiger partial charge in [-0.1, -0.05) is 0 Å². The van der Waals surface area contributed by atoms with E-state index in [0.29, 0.717) is 6.42 Å². The van der Waals surface area contributed by atoms with Gasteiger partial charge in [0, 0.05) is 18.4 Å². The van der Waals surface area contributed by atoms with Gasteiger partial charge in [-0.05, 0) is 32.0 Å². The van der Waals surface area contributed by atoms with Crippen LogP contribution in [0.15, 0.2) is 18.2 Å². The van der Waals surface area contributed by atoms with Crippen LogP contribution < -0.4 is 9.47 Å². The number of benzene rings is 1. The first-order valence-corrected chi connectivity index (χ1v) is 7.75. The largest absolute Gasteiger partial charge is 0.497 e. The lowest BCUT2D eigenvalue weighted by molar-refractivity contribution is -0.162. The van der Waals surface area contributed by atoms with Crippen molar-refractivity contribution >= 4 is 11.9 Å². The minimum absolute atomic E-state index is 0.220. The van der Waals surface area contributed by atoms with Crippen molar-refractivity contribution in [2.45, 2.75) is 32.8 Å². The monoisotopic (exact) mass is 322 g/mol. The number of carbonyl (C=O) groups excluding carboxylic acids is 2. The fourth-order valence-electron chi connectivity index (χ4n) is 2.59. The normalized spacial score (nSPS) is 15.7. The van der Waals surface area contributed by atoms with E-state index in [1.54, 1.807) is 21.0 Å². The molecule has 0 aliphatic carbocycles. The lowest BCUT2D eigenvalue weighted by Gasteiger charge is -2.18. The van der Waals surface area contributed by atoms with Gasteiger partial charge in [-0.3, -0.25) is 9.59 Å². The maximum absolute atomic E-state index is 12.0. The van der Waals surface area contributed by atoms with E-state index < -0.39 is 17.9 Å². The van der Waals surface area contributed by atoms with Crippen LogP contribution in [-0.2, 0) is 25.5 Å². The Kier molecular flexibility index (Phi) is 5.84. The molecular weight excluding hydrogens is 300 g/mol. The molecule has 1 aliphatic rings. The summed E-state index contributed by atoms with van der Waals surface area (Å²) < 4.78 is 21.0. The summed E-state index contributed by atoms with van der Waals surface area (Å²) in [7, 11) is 1.60. The van der Waals surface area contributed by atoms with Crippen molar-refractivity contribution in [1.82, 2.24) is 0 Å². The first-order chi connectivity index (χ1) is 11.1. The number of methoxy groups -OCH3 is 1. The van der Waals surface area contributed by atoms with Gasteiger partial charge in [-0.25, -0.2) is 0 Å². The van der Waals surface area contributed by atoms with Gasteiger partial charge in [0.15, 0.2) is 5.92 Å². The van der Waals surface area contributed by atoms with Gasteiger partial charge in [0.25, 0.3) is 0 Å². The summed E-state index contributed by atoms with van der Waals surface area (Å²) >= 11 is 0. The third-order valence-corrected chi connectivity index (χ3v) is 3.65. The second kappa shape index (κ2) is 7.85. The molecule has 1 aromatic rings. The Hall–Kier alpha value is -2.24. The summed E-state index contributed by atoms with van der Waals surface area (Å²) in [5.74, 6) is -0.593. The summed E-state index contributed by atoms with van der Waals surface area (Å²) in [6.45, 7) is 3.85. The molecule has 23 heavy (non-hydrogen) atoms. The van der Waals surface area contributed by atoms with Crippen LogP contribution in [0.4, 0.5) is 0 Å². The van der Waals surface area contributed by atoms with E-state index in [9.17, 15) is 9.59 Å². The Labute approximate surface area is 135 Å². The molecule has 2 rings (SSSR count). The van der Waals surface area contributed by atoms with Crippen LogP contribution in [0.2, 0.25) is 0 Å². The molecule has 0 spiro atoms. The van der Waals surface area contributed by atoms with Crippen molar-refractivity contribution in [2.24, 2.45) is 5.92 Å². The van der Waals surface area contributed by atoms with Crippen molar-refractivity contribution in [3.05, 3.63) is 23.8 Å². The third kappa shape index (κ3) is 4.15. The minimum atomic E-state index is -0.962. The van der Waals surface area contributed by atoms with E-state index in [1.165, 1.54) is 0 Å². The number of ether oxygens (including phenoxy) is 4. The molecule has 0 bridgehead atoms. The molecular formula is C17H22O6. The van der Waals surface area contributed by atoms with E-state index in [4.69, 9.17) is 18.9 Å². The van der Waals surface area contributed by atoms with Gasteiger partial charge in [0.1, 0.15) is 17.6 Å². The molecule has 1 unspecified atom stereocenters. The molecule has 0 N–H and O–H groups in total. The first kappa shape index (κ1) is 17.1. The van der Waals surface area contributed by atoms with E-state index in [2.05, 4.69) is 0 Å². The molecule has 0 saturated heterocycles. The van der Waals surface area contributed by atoms with Crippen LogP contribution in [0.1, 0.15) is 25.8 Å². The second-order valence-corrected chi connectivity index (χ2v) is 5.21. The molecule has 6 nitrogen and oxygen atoms in total. The Morgan fingerprint density at radius 3 is 2.43 bits per heavy atom. The van der Waals surface area contributed by atoms with E-state index in [1.807, 2.05) is 18.2 Å². The second-order valence-electron chi connectivity index (χ2n) is 5.21. The number of esters is 2. The van der Waals surface area contributed by atoms with E-state index in [-0.39, 0.29) is 25.7 Å². The van der Waals surface area contributed by atoms with Crippen molar-refractivity contribution < 1.29 is 28.5 Å². The lowest BCUT2D eigenvalue weighted by Crippen LogP contribution is -2.32. The van der Waals surface area contributed by atoms with Crippen LogP contribution in [-0.4, -0.2) is 38.4 Å². The predicted octanol–water partition coefficient (Wildman–Crippen LogP) is 2.13. The zero-order chi connectivity index (χ0) is 16.8. The highest BCUT2D eigenvalue weighted by Crippen LogP contribution is 2.34. The van der Waals surface area contributed by atoms with Crippen LogP contribution in [0.5, 0.6) is 11.5 Å². The number of hydrogen-bond acceptors (Lipinski definition) is 6. The highest BCUT2D eigenvalue weighted by atomic mass is 16.6. The zero-order valence-corrected chi connectivity index (χ0v) is 13.7. The summed E-state index contributed by atoms with van der Waals surface area (Å²) in [5.41, 5.74) is 1.00.